The molecular formula is C12H14N5+. The molecule has 2 heterocycles. The van der Waals surface area contributed by atoms with Crippen molar-refractivity contribution in [1.29, 1.82) is 0 Å². The molecule has 0 aliphatic rings. The van der Waals surface area contributed by atoms with Gasteiger partial charge in [0.05, 0.1) is 11.9 Å². The van der Waals surface area contributed by atoms with Crippen molar-refractivity contribution in [1.82, 2.24) is 20.4 Å². The van der Waals surface area contributed by atoms with Crippen LogP contribution in [0.5, 0.6) is 0 Å². The van der Waals surface area contributed by atoms with Gasteiger partial charge in [-0.05, 0) is 25.0 Å². The van der Waals surface area contributed by atoms with E-state index in [-0.39, 0.29) is 0 Å². The van der Waals surface area contributed by atoms with Crippen LogP contribution in [0.3, 0.4) is 0 Å². The fourth-order valence-corrected chi connectivity index (χ4v) is 1.61. The van der Waals surface area contributed by atoms with E-state index in [9.17, 15) is 0 Å². The van der Waals surface area contributed by atoms with E-state index >= 15 is 0 Å². The van der Waals surface area contributed by atoms with Crippen LogP contribution in [0.4, 0.5) is 5.69 Å². The van der Waals surface area contributed by atoms with Crippen LogP contribution < -0.4 is 0 Å². The summed E-state index contributed by atoms with van der Waals surface area (Å²) in [5, 5.41) is 15.7. The molecule has 0 saturated carbocycles. The molecule has 0 N–H and O–H groups in total. The number of nitrogens with zero attached hydrogens (tertiary/aromatic N) is 5. The molecular weight excluding hydrogens is 214 g/mol. The van der Waals surface area contributed by atoms with Crippen LogP contribution in [0, 0.1) is 0 Å². The molecule has 17 heavy (non-hydrogen) atoms. The normalized spacial score (nSPS) is 10.2. The third-order valence-corrected chi connectivity index (χ3v) is 2.48. The molecule has 2 aromatic heterocycles. The lowest BCUT2D eigenvalue weighted by Crippen LogP contribution is -2.03. The van der Waals surface area contributed by atoms with Gasteiger partial charge in [-0.2, -0.15) is 20.4 Å². The SMILES string of the molecule is C=[N+](C)c1cnncc1CCc1cccnn1. The van der Waals surface area contributed by atoms with Gasteiger partial charge in [-0.15, -0.1) is 0 Å². The summed E-state index contributed by atoms with van der Waals surface area (Å²) in [6.07, 6.45) is 6.85. The Hall–Kier alpha value is -2.17. The zero-order valence-electron chi connectivity index (χ0n) is 9.74. The van der Waals surface area contributed by atoms with Gasteiger partial charge in [0.1, 0.15) is 20.0 Å². The molecule has 0 fully saturated rings. The molecule has 0 unspecified atom stereocenters. The van der Waals surface area contributed by atoms with Gasteiger partial charge in [-0.3, -0.25) is 0 Å². The highest BCUT2D eigenvalue weighted by molar-refractivity contribution is 5.38. The first-order valence-corrected chi connectivity index (χ1v) is 5.38. The van der Waals surface area contributed by atoms with Crippen molar-refractivity contribution < 1.29 is 4.58 Å². The van der Waals surface area contributed by atoms with Gasteiger partial charge >= 0.3 is 0 Å². The molecule has 0 saturated heterocycles. The summed E-state index contributed by atoms with van der Waals surface area (Å²) >= 11 is 0. The van der Waals surface area contributed by atoms with Gasteiger partial charge in [0.2, 0.25) is 5.69 Å². The van der Waals surface area contributed by atoms with Crippen molar-refractivity contribution >= 4 is 12.4 Å². The molecule has 0 amide bonds. The molecule has 0 atom stereocenters. The summed E-state index contributed by atoms with van der Waals surface area (Å²) in [6.45, 7) is 3.86. The second-order valence-corrected chi connectivity index (χ2v) is 3.81. The Labute approximate surface area is 99.9 Å². The molecule has 2 aromatic rings. The summed E-state index contributed by atoms with van der Waals surface area (Å²) in [5.74, 6) is 0. The van der Waals surface area contributed by atoms with E-state index in [2.05, 4.69) is 27.1 Å². The zero-order valence-corrected chi connectivity index (χ0v) is 9.74. The Morgan fingerprint density at radius 2 is 2.00 bits per heavy atom. The maximum Gasteiger partial charge on any atom is 0.229 e. The lowest BCUT2D eigenvalue weighted by Gasteiger charge is -2.02. The minimum atomic E-state index is 0.834. The smallest absolute Gasteiger partial charge is 0.206 e. The van der Waals surface area contributed by atoms with Crippen LogP contribution in [0.2, 0.25) is 0 Å². The molecule has 0 aromatic carbocycles. The lowest BCUT2D eigenvalue weighted by atomic mass is 10.1. The van der Waals surface area contributed by atoms with Gasteiger partial charge in [-0.25, -0.2) is 4.58 Å². The minimum absolute atomic E-state index is 0.834. The average molecular weight is 228 g/mol. The van der Waals surface area contributed by atoms with Crippen molar-refractivity contribution in [2.24, 2.45) is 0 Å². The maximum atomic E-state index is 4.05. The maximum absolute atomic E-state index is 4.05. The molecule has 5 nitrogen and oxygen atoms in total. The fraction of sp³-hybridized carbons (Fsp3) is 0.250. The summed E-state index contributed by atoms with van der Waals surface area (Å²) in [6, 6.07) is 3.86. The Morgan fingerprint density at radius 3 is 2.71 bits per heavy atom. The average Bonchev–Trinajstić information content (AvgIpc) is 2.38. The Morgan fingerprint density at radius 1 is 1.18 bits per heavy atom. The van der Waals surface area contributed by atoms with E-state index in [1.807, 2.05) is 19.2 Å². The molecule has 86 valence electrons. The monoisotopic (exact) mass is 228 g/mol. The van der Waals surface area contributed by atoms with Gasteiger partial charge in [0.25, 0.3) is 0 Å². The predicted molar refractivity (Wildman–Crippen MR) is 64.4 cm³/mol. The Balaban J connectivity index is 2.12. The third kappa shape index (κ3) is 2.90. The van der Waals surface area contributed by atoms with E-state index in [4.69, 9.17) is 0 Å². The topological polar surface area (TPSA) is 54.6 Å². The number of rotatable bonds is 4. The number of aryl methyl sites for hydroxylation is 2. The third-order valence-electron chi connectivity index (χ3n) is 2.48. The molecule has 5 heteroatoms. The van der Waals surface area contributed by atoms with E-state index in [1.54, 1.807) is 23.2 Å². The minimum Gasteiger partial charge on any atom is -0.206 e. The van der Waals surface area contributed by atoms with Crippen LogP contribution >= 0.6 is 0 Å². The van der Waals surface area contributed by atoms with Crippen molar-refractivity contribution in [3.8, 4) is 0 Å². The standard InChI is InChI=1S/C12H14N5/c1-17(2)12-9-15-14-8-10(12)5-6-11-4-3-7-13-16-11/h3-4,7-9H,1,5-6H2,2H3/q+1. The highest BCUT2D eigenvalue weighted by Gasteiger charge is 2.10. The first-order chi connectivity index (χ1) is 8.27. The first kappa shape index (κ1) is 11.3. The largest absolute Gasteiger partial charge is 0.229 e. The van der Waals surface area contributed by atoms with Crippen LogP contribution in [-0.2, 0) is 12.8 Å². The number of hydrogen-bond donors (Lipinski definition) is 0. The van der Waals surface area contributed by atoms with Gasteiger partial charge in [0, 0.05) is 11.8 Å². The van der Waals surface area contributed by atoms with Crippen LogP contribution in [-0.4, -0.2) is 38.7 Å². The number of hydrogen-bond acceptors (Lipinski definition) is 4. The zero-order chi connectivity index (χ0) is 12.1. The van der Waals surface area contributed by atoms with Crippen LogP contribution in [0.25, 0.3) is 0 Å². The predicted octanol–water partition coefficient (Wildman–Crippen LogP) is 1.03. The number of aromatic nitrogens is 4. The van der Waals surface area contributed by atoms with E-state index < -0.39 is 0 Å². The van der Waals surface area contributed by atoms with Crippen LogP contribution in [0.1, 0.15) is 11.3 Å². The lowest BCUT2D eigenvalue weighted by molar-refractivity contribution is -0.395. The quantitative estimate of drug-likeness (QED) is 0.579. The van der Waals surface area contributed by atoms with Gasteiger partial charge in [-0.1, -0.05) is 0 Å². The van der Waals surface area contributed by atoms with Gasteiger partial charge in [0.15, 0.2) is 0 Å². The molecule has 0 spiro atoms. The molecule has 0 bridgehead atoms. The van der Waals surface area contributed by atoms with Crippen LogP contribution in [0.15, 0.2) is 30.7 Å². The fourth-order valence-electron chi connectivity index (χ4n) is 1.61. The first-order valence-electron chi connectivity index (χ1n) is 5.38. The Bertz CT molecular complexity index is 509. The second kappa shape index (κ2) is 5.25. The van der Waals surface area contributed by atoms with Crippen molar-refractivity contribution in [3.05, 3.63) is 42.0 Å². The van der Waals surface area contributed by atoms with Crippen molar-refractivity contribution in [3.63, 3.8) is 0 Å². The second-order valence-electron chi connectivity index (χ2n) is 3.81. The summed E-state index contributed by atoms with van der Waals surface area (Å²) in [5.41, 5.74) is 3.08. The van der Waals surface area contributed by atoms with Crippen molar-refractivity contribution in [2.75, 3.05) is 7.05 Å². The van der Waals surface area contributed by atoms with E-state index in [0.717, 1.165) is 29.8 Å². The molecule has 2 rings (SSSR count). The highest BCUT2D eigenvalue weighted by Crippen LogP contribution is 2.16. The Kier molecular flexibility index (Phi) is 3.49. The molecule has 0 radical (unpaired) electrons. The summed E-state index contributed by atoms with van der Waals surface area (Å²) in [7, 11) is 1.89. The van der Waals surface area contributed by atoms with E-state index in [1.165, 1.54) is 0 Å². The van der Waals surface area contributed by atoms with E-state index in [0.29, 0.717) is 0 Å². The van der Waals surface area contributed by atoms with Crippen molar-refractivity contribution in [2.45, 2.75) is 12.8 Å². The van der Waals surface area contributed by atoms with Gasteiger partial charge < -0.3 is 0 Å². The summed E-state index contributed by atoms with van der Waals surface area (Å²) in [4.78, 5) is 0. The highest BCUT2D eigenvalue weighted by atomic mass is 15.1. The molecule has 0 aliphatic carbocycles. The summed E-state index contributed by atoms with van der Waals surface area (Å²) < 4.78 is 1.79. The molecule has 0 aliphatic heterocycles.